The average molecular weight is 395 g/mol. The first kappa shape index (κ1) is 19.4. The number of carbonyl (C=O) groups is 1. The number of fused-ring (bicyclic) bond motifs is 1. The first-order chi connectivity index (χ1) is 14.6. The van der Waals surface area contributed by atoms with Crippen LogP contribution in [0.2, 0.25) is 0 Å². The number of nitrogens with zero attached hydrogens (tertiary/aromatic N) is 1. The monoisotopic (exact) mass is 395 g/mol. The van der Waals surface area contributed by atoms with Crippen LogP contribution in [-0.2, 0) is 7.05 Å². The molecule has 0 saturated heterocycles. The molecule has 1 heterocycles. The number of benzene rings is 3. The molecule has 0 radical (unpaired) electrons. The summed E-state index contributed by atoms with van der Waals surface area (Å²) in [6.07, 6.45) is 3.17. The van der Waals surface area contributed by atoms with Gasteiger partial charge in [-0.2, -0.15) is 0 Å². The van der Waals surface area contributed by atoms with Crippen molar-refractivity contribution in [3.05, 3.63) is 106 Å². The summed E-state index contributed by atoms with van der Waals surface area (Å²) >= 11 is 0. The van der Waals surface area contributed by atoms with Crippen LogP contribution in [0.5, 0.6) is 5.75 Å². The van der Waals surface area contributed by atoms with Crippen molar-refractivity contribution >= 4 is 22.8 Å². The number of aromatic nitrogens is 1. The van der Waals surface area contributed by atoms with Gasteiger partial charge in [0, 0.05) is 18.0 Å². The Morgan fingerprint density at radius 2 is 1.57 bits per heavy atom. The molecule has 4 heteroatoms. The molecule has 30 heavy (non-hydrogen) atoms. The second-order valence-corrected chi connectivity index (χ2v) is 6.97. The lowest BCUT2D eigenvalue weighted by molar-refractivity contribution is 0.104. The van der Waals surface area contributed by atoms with Crippen LogP contribution in [0.25, 0.3) is 28.1 Å². The van der Waals surface area contributed by atoms with Crippen molar-refractivity contribution in [2.75, 3.05) is 7.11 Å². The number of methoxy groups -OCH3 is 1. The van der Waals surface area contributed by atoms with Crippen molar-refractivity contribution in [1.29, 1.82) is 0 Å². The van der Waals surface area contributed by atoms with Crippen molar-refractivity contribution in [3.8, 4) is 16.9 Å². The Labute approximate surface area is 174 Å². The molecule has 0 aliphatic carbocycles. The first-order valence-electron chi connectivity index (χ1n) is 9.64. The van der Waals surface area contributed by atoms with Gasteiger partial charge in [-0.1, -0.05) is 66.7 Å². The highest BCUT2D eigenvalue weighted by molar-refractivity contribution is 6.15. The largest absolute Gasteiger partial charge is 0.497 e. The molecule has 4 nitrogen and oxygen atoms in total. The number of pyridine rings is 1. The van der Waals surface area contributed by atoms with Gasteiger partial charge >= 0.3 is 0 Å². The number of carbonyl (C=O) groups excluding carboxylic acids is 1. The summed E-state index contributed by atoms with van der Waals surface area (Å²) in [7, 11) is 3.30. The van der Waals surface area contributed by atoms with Crippen molar-refractivity contribution in [3.63, 3.8) is 0 Å². The first-order valence-corrected chi connectivity index (χ1v) is 9.64. The van der Waals surface area contributed by atoms with Gasteiger partial charge in [0.25, 0.3) is 5.56 Å². The van der Waals surface area contributed by atoms with E-state index in [1.54, 1.807) is 20.2 Å². The Morgan fingerprint density at radius 3 is 2.27 bits per heavy atom. The molecule has 0 bridgehead atoms. The van der Waals surface area contributed by atoms with Crippen LogP contribution in [0.3, 0.4) is 0 Å². The standard InChI is InChI=1S/C26H21NO3/c1-27-22-11-7-6-10-21(22)24(19-8-4-3-5-9-19)25(26(27)29)23(28)17-14-18-12-15-20(30-2)16-13-18/h3-17H,1-2H3/b17-14+. The Hall–Kier alpha value is -3.92. The van der Waals surface area contributed by atoms with Gasteiger partial charge in [-0.3, -0.25) is 9.59 Å². The van der Waals surface area contributed by atoms with E-state index in [1.807, 2.05) is 78.9 Å². The second kappa shape index (κ2) is 8.21. The molecule has 0 aliphatic heterocycles. The highest BCUT2D eigenvalue weighted by Gasteiger charge is 2.20. The van der Waals surface area contributed by atoms with Crippen LogP contribution in [0, 0.1) is 0 Å². The van der Waals surface area contributed by atoms with Gasteiger partial charge in [0.15, 0.2) is 5.78 Å². The number of aryl methyl sites for hydroxylation is 1. The SMILES string of the molecule is COc1ccc(/C=C/C(=O)c2c(-c3ccccc3)c3ccccc3n(C)c2=O)cc1. The zero-order valence-electron chi connectivity index (χ0n) is 16.8. The van der Waals surface area contributed by atoms with E-state index in [0.29, 0.717) is 5.56 Å². The van der Waals surface area contributed by atoms with Crippen LogP contribution in [0.4, 0.5) is 0 Å². The van der Waals surface area contributed by atoms with E-state index < -0.39 is 0 Å². The number of hydrogen-bond acceptors (Lipinski definition) is 3. The molecule has 1 aromatic heterocycles. The minimum absolute atomic E-state index is 0.173. The van der Waals surface area contributed by atoms with Gasteiger partial charge in [0.1, 0.15) is 5.75 Å². The minimum Gasteiger partial charge on any atom is -0.497 e. The molecule has 0 fully saturated rings. The number of para-hydroxylation sites is 1. The number of rotatable bonds is 5. The Morgan fingerprint density at radius 1 is 0.900 bits per heavy atom. The molecule has 0 saturated carbocycles. The fraction of sp³-hybridized carbons (Fsp3) is 0.0769. The molecule has 3 aromatic carbocycles. The zero-order chi connectivity index (χ0) is 21.1. The molecule has 0 spiro atoms. The Balaban J connectivity index is 1.89. The second-order valence-electron chi connectivity index (χ2n) is 6.97. The van der Waals surface area contributed by atoms with E-state index in [4.69, 9.17) is 4.74 Å². The highest BCUT2D eigenvalue weighted by atomic mass is 16.5. The third-order valence-corrected chi connectivity index (χ3v) is 5.16. The summed E-state index contributed by atoms with van der Waals surface area (Å²) in [5, 5.41) is 0.868. The average Bonchev–Trinajstić information content (AvgIpc) is 2.80. The summed E-state index contributed by atoms with van der Waals surface area (Å²) in [5.41, 5.74) is 3.01. The van der Waals surface area contributed by atoms with Gasteiger partial charge in [0.05, 0.1) is 18.2 Å². The van der Waals surface area contributed by atoms with E-state index in [-0.39, 0.29) is 16.9 Å². The summed E-state index contributed by atoms with van der Waals surface area (Å²) in [5.74, 6) is 0.421. The van der Waals surface area contributed by atoms with Crippen molar-refractivity contribution in [1.82, 2.24) is 4.57 Å². The van der Waals surface area contributed by atoms with Gasteiger partial charge in [0.2, 0.25) is 0 Å². The maximum Gasteiger partial charge on any atom is 0.262 e. The van der Waals surface area contributed by atoms with Gasteiger partial charge < -0.3 is 9.30 Å². The van der Waals surface area contributed by atoms with Gasteiger partial charge in [-0.25, -0.2) is 0 Å². The van der Waals surface area contributed by atoms with Crippen LogP contribution in [0.1, 0.15) is 15.9 Å². The van der Waals surface area contributed by atoms with E-state index >= 15 is 0 Å². The summed E-state index contributed by atoms with van der Waals surface area (Å²) in [6, 6.07) is 24.6. The molecule has 0 aliphatic rings. The Bertz CT molecular complexity index is 1300. The molecule has 0 atom stereocenters. The van der Waals surface area contributed by atoms with Gasteiger partial charge in [-0.05, 0) is 35.4 Å². The van der Waals surface area contributed by atoms with Crippen LogP contribution >= 0.6 is 0 Å². The van der Waals surface area contributed by atoms with Crippen molar-refractivity contribution in [2.24, 2.45) is 7.05 Å². The predicted octanol–water partition coefficient (Wildman–Crippen LogP) is 5.11. The summed E-state index contributed by atoms with van der Waals surface area (Å²) in [4.78, 5) is 26.4. The lowest BCUT2D eigenvalue weighted by Gasteiger charge is -2.14. The van der Waals surface area contributed by atoms with E-state index in [0.717, 1.165) is 27.8 Å². The normalized spacial score (nSPS) is 11.1. The van der Waals surface area contributed by atoms with Crippen LogP contribution < -0.4 is 10.3 Å². The van der Waals surface area contributed by atoms with Gasteiger partial charge in [-0.15, -0.1) is 0 Å². The van der Waals surface area contributed by atoms with E-state index in [2.05, 4.69) is 0 Å². The van der Waals surface area contributed by atoms with Crippen molar-refractivity contribution < 1.29 is 9.53 Å². The third kappa shape index (κ3) is 3.55. The fourth-order valence-corrected chi connectivity index (χ4v) is 3.60. The maximum absolute atomic E-state index is 13.2. The zero-order valence-corrected chi connectivity index (χ0v) is 16.8. The third-order valence-electron chi connectivity index (χ3n) is 5.16. The smallest absolute Gasteiger partial charge is 0.262 e. The number of ether oxygens (including phenoxy) is 1. The quantitative estimate of drug-likeness (QED) is 0.348. The number of hydrogen-bond donors (Lipinski definition) is 0. The molecule has 0 N–H and O–H groups in total. The topological polar surface area (TPSA) is 48.3 Å². The molecule has 4 aromatic rings. The predicted molar refractivity (Wildman–Crippen MR) is 121 cm³/mol. The van der Waals surface area contributed by atoms with Crippen LogP contribution in [-0.4, -0.2) is 17.5 Å². The fourth-order valence-electron chi connectivity index (χ4n) is 3.60. The Kier molecular flexibility index (Phi) is 5.31. The lowest BCUT2D eigenvalue weighted by Crippen LogP contribution is -2.25. The molecule has 148 valence electrons. The molecule has 0 unspecified atom stereocenters. The number of allylic oxidation sites excluding steroid dienone is 1. The molecular weight excluding hydrogens is 374 g/mol. The molecule has 4 rings (SSSR count). The highest BCUT2D eigenvalue weighted by Crippen LogP contribution is 2.30. The van der Waals surface area contributed by atoms with E-state index in [1.165, 1.54) is 10.6 Å². The minimum atomic E-state index is -0.323. The van der Waals surface area contributed by atoms with Crippen molar-refractivity contribution in [2.45, 2.75) is 0 Å². The molecule has 0 amide bonds. The van der Waals surface area contributed by atoms with E-state index in [9.17, 15) is 9.59 Å². The van der Waals surface area contributed by atoms with Crippen LogP contribution in [0.15, 0.2) is 89.7 Å². The maximum atomic E-state index is 13.2. The summed E-state index contributed by atoms with van der Waals surface area (Å²) < 4.78 is 6.70. The lowest BCUT2D eigenvalue weighted by atomic mass is 9.93. The molecular formula is C26H21NO3. The summed E-state index contributed by atoms with van der Waals surface area (Å²) in [6.45, 7) is 0. The number of ketones is 1.